The van der Waals surface area contributed by atoms with E-state index in [0.717, 1.165) is 29.1 Å². The fourth-order valence-corrected chi connectivity index (χ4v) is 2.58. The Morgan fingerprint density at radius 3 is 2.32 bits per heavy atom. The molecule has 0 saturated carbocycles. The molecule has 28 heavy (non-hydrogen) atoms. The predicted octanol–water partition coefficient (Wildman–Crippen LogP) is 3.14. The lowest BCUT2D eigenvalue weighted by Gasteiger charge is -2.06. The Hall–Kier alpha value is -3.82. The van der Waals surface area contributed by atoms with Gasteiger partial charge in [0.15, 0.2) is 16.7 Å². The van der Waals surface area contributed by atoms with Crippen LogP contribution in [0.15, 0.2) is 54.2 Å². The number of benzene rings is 2. The summed E-state index contributed by atoms with van der Waals surface area (Å²) in [6, 6.07) is 6.05. The summed E-state index contributed by atoms with van der Waals surface area (Å²) < 4.78 is 56.1. The lowest BCUT2D eigenvalue weighted by atomic mass is 10.2. The Bertz CT molecular complexity index is 1290. The summed E-state index contributed by atoms with van der Waals surface area (Å²) in [7, 11) is 0. The maximum absolute atomic E-state index is 14.0. The molecule has 0 spiro atoms. The van der Waals surface area contributed by atoms with Crippen molar-refractivity contribution in [3.63, 3.8) is 0 Å². The van der Waals surface area contributed by atoms with Crippen LogP contribution in [0.4, 0.5) is 17.6 Å². The summed E-state index contributed by atoms with van der Waals surface area (Å²) >= 11 is 0. The quantitative estimate of drug-likeness (QED) is 0.434. The predicted molar refractivity (Wildman–Crippen MR) is 92.0 cm³/mol. The van der Waals surface area contributed by atoms with Gasteiger partial charge in [0, 0.05) is 17.7 Å². The highest BCUT2D eigenvalue weighted by atomic mass is 19.1. The fraction of sp³-hybridized carbons (Fsp3) is 0. The molecule has 2 heterocycles. The van der Waals surface area contributed by atoms with Gasteiger partial charge in [-0.25, -0.2) is 32.2 Å². The van der Waals surface area contributed by atoms with Crippen LogP contribution in [-0.4, -0.2) is 25.4 Å². The molecule has 0 atom stereocenters. The van der Waals surface area contributed by atoms with Crippen LogP contribution in [0.5, 0.6) is 0 Å². The van der Waals surface area contributed by atoms with Gasteiger partial charge < -0.3 is 0 Å². The van der Waals surface area contributed by atoms with Crippen molar-refractivity contribution in [2.24, 2.45) is 5.10 Å². The van der Waals surface area contributed by atoms with E-state index in [1.165, 1.54) is 29.4 Å². The molecule has 4 rings (SSSR count). The molecule has 0 aliphatic carbocycles. The van der Waals surface area contributed by atoms with E-state index in [2.05, 4.69) is 15.1 Å². The number of hydrogen-bond acceptors (Lipinski definition) is 4. The molecular formula is C18H10F4N6. The summed E-state index contributed by atoms with van der Waals surface area (Å²) in [4.78, 5) is 8.14. The number of rotatable bonds is 3. The van der Waals surface area contributed by atoms with Crippen molar-refractivity contribution >= 4 is 17.4 Å². The molecule has 4 aromatic rings. The van der Waals surface area contributed by atoms with E-state index in [4.69, 9.17) is 5.41 Å². The van der Waals surface area contributed by atoms with E-state index >= 15 is 0 Å². The summed E-state index contributed by atoms with van der Waals surface area (Å²) in [6.07, 6.45) is 3.53. The maximum Gasteiger partial charge on any atom is 0.177 e. The molecule has 0 fully saturated rings. The summed E-state index contributed by atoms with van der Waals surface area (Å²) in [5.41, 5.74) is 0.112. The molecule has 0 bridgehead atoms. The van der Waals surface area contributed by atoms with Crippen LogP contribution in [-0.2, 0) is 0 Å². The Labute approximate surface area is 154 Å². The number of fused-ring (bicyclic) bond motifs is 1. The molecule has 0 unspecified atom stereocenters. The third kappa shape index (κ3) is 3.04. The molecule has 0 aliphatic rings. The van der Waals surface area contributed by atoms with E-state index < -0.39 is 23.3 Å². The molecule has 0 amide bonds. The zero-order chi connectivity index (χ0) is 19.8. The number of hydrogen-bond donors (Lipinski definition) is 1. The number of nitrogens with one attached hydrogen (secondary N) is 1. The average molecular weight is 386 g/mol. The molecule has 1 N–H and O–H groups in total. The Kier molecular flexibility index (Phi) is 4.22. The molecule has 0 aliphatic heterocycles. The first-order chi connectivity index (χ1) is 13.4. The average Bonchev–Trinajstić information content (AvgIpc) is 3.07. The first-order valence-electron chi connectivity index (χ1n) is 7.88. The lowest BCUT2D eigenvalue weighted by Crippen LogP contribution is -2.18. The highest BCUT2D eigenvalue weighted by Crippen LogP contribution is 2.18. The monoisotopic (exact) mass is 386 g/mol. The molecule has 0 saturated heterocycles. The van der Waals surface area contributed by atoms with Crippen LogP contribution in [0, 0.1) is 28.7 Å². The van der Waals surface area contributed by atoms with Crippen molar-refractivity contribution in [3.05, 3.63) is 83.4 Å². The lowest BCUT2D eigenvalue weighted by molar-refractivity contribution is 0.578. The van der Waals surface area contributed by atoms with Crippen LogP contribution >= 0.6 is 0 Å². The second-order valence-electron chi connectivity index (χ2n) is 5.73. The van der Waals surface area contributed by atoms with Gasteiger partial charge in [-0.15, -0.1) is 0 Å². The van der Waals surface area contributed by atoms with Crippen LogP contribution in [0.2, 0.25) is 0 Å². The molecule has 2 aromatic carbocycles. The van der Waals surface area contributed by atoms with Crippen LogP contribution in [0.3, 0.4) is 0 Å². The molecule has 2 aromatic heterocycles. The smallest absolute Gasteiger partial charge is 0.177 e. The Balaban J connectivity index is 1.76. The molecular weight excluding hydrogens is 376 g/mol. The minimum atomic E-state index is -0.811. The van der Waals surface area contributed by atoms with Gasteiger partial charge in [-0.2, -0.15) is 5.10 Å². The topological polar surface area (TPSA) is 71.8 Å². The van der Waals surface area contributed by atoms with Crippen molar-refractivity contribution in [3.8, 4) is 5.69 Å². The van der Waals surface area contributed by atoms with E-state index in [9.17, 15) is 17.6 Å². The van der Waals surface area contributed by atoms with Crippen molar-refractivity contribution in [1.29, 1.82) is 5.41 Å². The van der Waals surface area contributed by atoms with Gasteiger partial charge in [0.1, 0.15) is 35.9 Å². The van der Waals surface area contributed by atoms with Gasteiger partial charge in [0.2, 0.25) is 0 Å². The third-order valence-corrected chi connectivity index (χ3v) is 3.94. The summed E-state index contributed by atoms with van der Waals surface area (Å²) in [5.74, 6) is -3.06. The molecule has 140 valence electrons. The third-order valence-electron chi connectivity index (χ3n) is 3.94. The Morgan fingerprint density at radius 1 is 0.893 bits per heavy atom. The largest absolute Gasteiger partial charge is 0.281 e. The number of imidazole rings is 1. The van der Waals surface area contributed by atoms with Gasteiger partial charge in [0.05, 0.1) is 11.9 Å². The summed E-state index contributed by atoms with van der Waals surface area (Å²) in [6.45, 7) is 0. The van der Waals surface area contributed by atoms with Gasteiger partial charge >= 0.3 is 0 Å². The van der Waals surface area contributed by atoms with Gasteiger partial charge in [-0.3, -0.25) is 9.98 Å². The zero-order valence-corrected chi connectivity index (χ0v) is 13.9. The normalized spacial score (nSPS) is 11.6. The first-order valence-corrected chi connectivity index (χ1v) is 7.88. The van der Waals surface area contributed by atoms with Crippen LogP contribution in [0.1, 0.15) is 5.56 Å². The first kappa shape index (κ1) is 17.6. The minimum absolute atomic E-state index is 0.0189. The van der Waals surface area contributed by atoms with E-state index in [0.29, 0.717) is 6.07 Å². The van der Waals surface area contributed by atoms with Crippen molar-refractivity contribution in [2.75, 3.05) is 0 Å². The van der Waals surface area contributed by atoms with E-state index in [1.807, 2.05) is 0 Å². The van der Waals surface area contributed by atoms with Crippen molar-refractivity contribution < 1.29 is 17.6 Å². The van der Waals surface area contributed by atoms with Crippen LogP contribution < -0.4 is 5.49 Å². The zero-order valence-electron chi connectivity index (χ0n) is 13.9. The van der Waals surface area contributed by atoms with Crippen molar-refractivity contribution in [2.45, 2.75) is 0 Å². The van der Waals surface area contributed by atoms with Crippen molar-refractivity contribution in [1.82, 2.24) is 19.2 Å². The second kappa shape index (κ2) is 6.72. The van der Waals surface area contributed by atoms with Gasteiger partial charge in [-0.1, -0.05) is 0 Å². The molecule has 10 heteroatoms. The minimum Gasteiger partial charge on any atom is -0.281 e. The molecule has 0 radical (unpaired) electrons. The van der Waals surface area contributed by atoms with E-state index in [1.54, 1.807) is 0 Å². The number of halogens is 4. The van der Waals surface area contributed by atoms with E-state index in [-0.39, 0.29) is 27.9 Å². The van der Waals surface area contributed by atoms with Gasteiger partial charge in [-0.05, 0) is 24.3 Å². The SMILES string of the molecule is N=c1c2ncn(-c3ccc(F)cc3F)c2ncn1N=Cc1ccc(F)cc1F. The Morgan fingerprint density at radius 2 is 1.61 bits per heavy atom. The fourth-order valence-electron chi connectivity index (χ4n) is 2.58. The maximum atomic E-state index is 14.0. The highest BCUT2D eigenvalue weighted by molar-refractivity contribution is 5.80. The highest BCUT2D eigenvalue weighted by Gasteiger charge is 2.13. The summed E-state index contributed by atoms with van der Waals surface area (Å²) in [5, 5.41) is 12.1. The van der Waals surface area contributed by atoms with Crippen LogP contribution in [0.25, 0.3) is 16.9 Å². The standard InChI is InChI=1S/C18H10F4N6/c19-11-2-1-10(13(21)5-11)7-26-28-9-25-18-16(17(28)23)24-8-27(18)15-4-3-12(20)6-14(15)22/h1-9,23H. The molecule has 6 nitrogen and oxygen atoms in total. The number of aromatic nitrogens is 4. The number of nitrogens with zero attached hydrogens (tertiary/aromatic N) is 5. The van der Waals surface area contributed by atoms with Gasteiger partial charge in [0.25, 0.3) is 0 Å². The second-order valence-corrected chi connectivity index (χ2v) is 5.73.